The minimum atomic E-state index is -0.553. The molecule has 1 aromatic rings. The first-order valence-corrected chi connectivity index (χ1v) is 5.11. The highest BCUT2D eigenvalue weighted by Gasteiger charge is 2.10. The van der Waals surface area contributed by atoms with E-state index in [0.29, 0.717) is 17.4 Å². The summed E-state index contributed by atoms with van der Waals surface area (Å²) in [6.45, 7) is 0.352. The monoisotopic (exact) mass is 269 g/mol. The molecule has 0 aliphatic carbocycles. The number of rotatable bonds is 3. The number of carbonyl (C=O) groups excluding carboxylic acids is 1. The lowest BCUT2D eigenvalue weighted by Crippen LogP contribution is -2.25. The van der Waals surface area contributed by atoms with Crippen LogP contribution in [0.1, 0.15) is 16.8 Å². The van der Waals surface area contributed by atoms with Crippen molar-refractivity contribution < 1.29 is 9.18 Å². The maximum absolute atomic E-state index is 13.3. The zero-order chi connectivity index (χ0) is 11.3. The van der Waals surface area contributed by atoms with Gasteiger partial charge in [0.05, 0.1) is 5.56 Å². The van der Waals surface area contributed by atoms with Crippen LogP contribution in [0.25, 0.3) is 0 Å². The van der Waals surface area contributed by atoms with Gasteiger partial charge in [-0.1, -0.05) is 15.9 Å². The summed E-state index contributed by atoms with van der Waals surface area (Å²) in [5, 5.41) is 2.52. The van der Waals surface area contributed by atoms with Crippen LogP contribution in [0.5, 0.6) is 0 Å². The highest BCUT2D eigenvalue weighted by atomic mass is 79.9. The zero-order valence-electron chi connectivity index (χ0n) is 7.89. The van der Waals surface area contributed by atoms with Gasteiger partial charge in [-0.3, -0.25) is 4.79 Å². The van der Waals surface area contributed by atoms with Gasteiger partial charge in [0.25, 0.3) is 5.91 Å². The molecule has 0 saturated heterocycles. The fraction of sp³-hybridized carbons (Fsp3) is 0.182. The normalized spacial score (nSPS) is 9.40. The second kappa shape index (κ2) is 5.52. The second-order valence-corrected chi connectivity index (χ2v) is 3.75. The van der Waals surface area contributed by atoms with Crippen LogP contribution in [0.15, 0.2) is 22.7 Å². The van der Waals surface area contributed by atoms with Crippen LogP contribution in [-0.4, -0.2) is 12.5 Å². The first kappa shape index (κ1) is 11.7. The molecular weight excluding hydrogens is 261 g/mol. The van der Waals surface area contributed by atoms with E-state index >= 15 is 0 Å². The number of benzene rings is 1. The van der Waals surface area contributed by atoms with Crippen LogP contribution in [0.3, 0.4) is 0 Å². The molecule has 0 radical (unpaired) electrons. The molecule has 0 spiro atoms. The Balaban J connectivity index is 2.70. The Kier molecular flexibility index (Phi) is 4.32. The summed E-state index contributed by atoms with van der Waals surface area (Å²) in [5.41, 5.74) is 0.0234. The van der Waals surface area contributed by atoms with E-state index in [9.17, 15) is 9.18 Å². The Bertz CT molecular complexity index is 412. The van der Waals surface area contributed by atoms with Gasteiger partial charge in [0.1, 0.15) is 5.82 Å². The number of amides is 1. The zero-order valence-corrected chi connectivity index (χ0v) is 9.47. The smallest absolute Gasteiger partial charge is 0.254 e. The number of nitrogens with one attached hydrogen (secondary N) is 1. The number of hydrogen-bond donors (Lipinski definition) is 1. The van der Waals surface area contributed by atoms with Crippen molar-refractivity contribution in [1.29, 1.82) is 0 Å². The summed E-state index contributed by atoms with van der Waals surface area (Å²) in [6, 6.07) is 4.28. The Morgan fingerprint density at radius 2 is 2.33 bits per heavy atom. The molecule has 1 amide bonds. The molecule has 0 saturated carbocycles. The minimum absolute atomic E-state index is 0.0234. The number of halogens is 2. The lowest BCUT2D eigenvalue weighted by atomic mass is 10.2. The average Bonchev–Trinajstić information content (AvgIpc) is 2.17. The van der Waals surface area contributed by atoms with Crippen LogP contribution in [0.2, 0.25) is 0 Å². The molecule has 78 valence electrons. The fourth-order valence-electron chi connectivity index (χ4n) is 1.02. The molecule has 0 unspecified atom stereocenters. The van der Waals surface area contributed by atoms with Gasteiger partial charge in [-0.2, -0.15) is 0 Å². The van der Waals surface area contributed by atoms with Gasteiger partial charge in [0.2, 0.25) is 0 Å². The van der Waals surface area contributed by atoms with Gasteiger partial charge < -0.3 is 5.32 Å². The Morgan fingerprint density at radius 3 is 2.93 bits per heavy atom. The predicted octanol–water partition coefficient (Wildman–Crippen LogP) is 2.34. The first-order valence-electron chi connectivity index (χ1n) is 4.32. The first-order chi connectivity index (χ1) is 7.15. The summed E-state index contributed by atoms with van der Waals surface area (Å²) >= 11 is 3.11. The van der Waals surface area contributed by atoms with Crippen LogP contribution in [0, 0.1) is 18.2 Å². The highest BCUT2D eigenvalue weighted by Crippen LogP contribution is 2.14. The fourth-order valence-corrected chi connectivity index (χ4v) is 1.35. The minimum Gasteiger partial charge on any atom is -0.351 e. The molecule has 0 heterocycles. The third-order valence-corrected chi connectivity index (χ3v) is 2.22. The average molecular weight is 270 g/mol. The summed E-state index contributed by atoms with van der Waals surface area (Å²) in [4.78, 5) is 11.4. The molecule has 1 rings (SSSR count). The van der Waals surface area contributed by atoms with E-state index in [1.807, 2.05) is 0 Å². The van der Waals surface area contributed by atoms with Crippen molar-refractivity contribution in [2.45, 2.75) is 6.42 Å². The SMILES string of the molecule is C#CCCNC(=O)c1ccc(Br)cc1F. The maximum atomic E-state index is 13.3. The van der Waals surface area contributed by atoms with E-state index in [2.05, 4.69) is 27.2 Å². The van der Waals surface area contributed by atoms with E-state index in [1.54, 1.807) is 6.07 Å². The summed E-state index contributed by atoms with van der Waals surface area (Å²) in [7, 11) is 0. The molecule has 0 bridgehead atoms. The van der Waals surface area contributed by atoms with Crippen molar-refractivity contribution in [1.82, 2.24) is 5.32 Å². The largest absolute Gasteiger partial charge is 0.351 e. The number of terminal acetylenes is 1. The maximum Gasteiger partial charge on any atom is 0.254 e. The molecule has 0 aromatic heterocycles. The third-order valence-electron chi connectivity index (χ3n) is 1.73. The van der Waals surface area contributed by atoms with Gasteiger partial charge in [-0.25, -0.2) is 4.39 Å². The molecule has 0 atom stereocenters. The molecule has 0 fully saturated rings. The molecule has 1 N–H and O–H groups in total. The van der Waals surface area contributed by atoms with Crippen molar-refractivity contribution in [3.8, 4) is 12.3 Å². The van der Waals surface area contributed by atoms with E-state index < -0.39 is 11.7 Å². The van der Waals surface area contributed by atoms with Crippen molar-refractivity contribution >= 4 is 21.8 Å². The second-order valence-electron chi connectivity index (χ2n) is 2.83. The number of carbonyl (C=O) groups is 1. The Hall–Kier alpha value is -1.34. The van der Waals surface area contributed by atoms with Crippen molar-refractivity contribution in [3.05, 3.63) is 34.1 Å². The highest BCUT2D eigenvalue weighted by molar-refractivity contribution is 9.10. The summed E-state index contributed by atoms with van der Waals surface area (Å²) < 4.78 is 13.9. The van der Waals surface area contributed by atoms with Gasteiger partial charge in [-0.05, 0) is 18.2 Å². The Labute approximate surface area is 96.0 Å². The molecule has 4 heteroatoms. The van der Waals surface area contributed by atoms with Crippen molar-refractivity contribution in [2.24, 2.45) is 0 Å². The lowest BCUT2D eigenvalue weighted by molar-refractivity contribution is 0.0950. The lowest BCUT2D eigenvalue weighted by Gasteiger charge is -2.04. The Morgan fingerprint density at radius 1 is 1.60 bits per heavy atom. The predicted molar refractivity (Wildman–Crippen MR) is 59.9 cm³/mol. The molecule has 1 aromatic carbocycles. The molecule has 2 nitrogen and oxygen atoms in total. The standard InChI is InChI=1S/C11H9BrFNO/c1-2-3-6-14-11(15)9-5-4-8(12)7-10(9)13/h1,4-5,7H,3,6H2,(H,14,15). The van der Waals surface area contributed by atoms with Crippen LogP contribution in [-0.2, 0) is 0 Å². The third kappa shape index (κ3) is 3.37. The van der Waals surface area contributed by atoms with E-state index in [-0.39, 0.29) is 5.56 Å². The van der Waals surface area contributed by atoms with Gasteiger partial charge in [0.15, 0.2) is 0 Å². The van der Waals surface area contributed by atoms with E-state index in [1.165, 1.54) is 12.1 Å². The van der Waals surface area contributed by atoms with Gasteiger partial charge in [-0.15, -0.1) is 12.3 Å². The summed E-state index contributed by atoms with van der Waals surface area (Å²) in [5.74, 6) is 1.38. The van der Waals surface area contributed by atoms with Crippen LogP contribution < -0.4 is 5.32 Å². The molecule has 0 aliphatic rings. The van der Waals surface area contributed by atoms with Gasteiger partial charge in [0, 0.05) is 17.4 Å². The quantitative estimate of drug-likeness (QED) is 0.663. The van der Waals surface area contributed by atoms with E-state index in [0.717, 1.165) is 0 Å². The van der Waals surface area contributed by atoms with Crippen LogP contribution in [0.4, 0.5) is 4.39 Å². The van der Waals surface area contributed by atoms with E-state index in [4.69, 9.17) is 6.42 Å². The topological polar surface area (TPSA) is 29.1 Å². The van der Waals surface area contributed by atoms with Crippen molar-refractivity contribution in [3.63, 3.8) is 0 Å². The molecule has 0 aliphatic heterocycles. The molecule has 15 heavy (non-hydrogen) atoms. The molecular formula is C11H9BrFNO. The van der Waals surface area contributed by atoms with Crippen molar-refractivity contribution in [2.75, 3.05) is 6.54 Å². The van der Waals surface area contributed by atoms with Gasteiger partial charge >= 0.3 is 0 Å². The summed E-state index contributed by atoms with van der Waals surface area (Å²) in [6.07, 6.45) is 5.46. The number of hydrogen-bond acceptors (Lipinski definition) is 1. The van der Waals surface area contributed by atoms with Crippen LogP contribution >= 0.6 is 15.9 Å².